The molecule has 1 aliphatic carbocycles. The van der Waals surface area contributed by atoms with Gasteiger partial charge in [-0.25, -0.2) is 0 Å². The van der Waals surface area contributed by atoms with Gasteiger partial charge in [0.2, 0.25) is 5.91 Å². The van der Waals surface area contributed by atoms with E-state index in [2.05, 4.69) is 33.1 Å². The van der Waals surface area contributed by atoms with Gasteiger partial charge in [-0.1, -0.05) is 31.4 Å². The molecule has 8 heteroatoms. The largest absolute Gasteiger partial charge is 0.493 e. The van der Waals surface area contributed by atoms with Crippen LogP contribution in [0, 0.1) is 6.92 Å². The number of nitrogens with one attached hydrogen (secondary N) is 3. The molecule has 0 aliphatic heterocycles. The van der Waals surface area contributed by atoms with Crippen LogP contribution < -0.4 is 20.7 Å². The second-order valence-electron chi connectivity index (χ2n) is 7.49. The van der Waals surface area contributed by atoms with Gasteiger partial charge >= 0.3 is 0 Å². The molecule has 3 N–H and O–H groups in total. The SMILES string of the molecule is CN=C(NCC(=O)NC1CCCCC1)NCc1ccc(C)cc1OCCCOC.I. The van der Waals surface area contributed by atoms with E-state index in [1.54, 1.807) is 14.2 Å². The van der Waals surface area contributed by atoms with Crippen molar-refractivity contribution in [1.82, 2.24) is 16.0 Å². The van der Waals surface area contributed by atoms with Crippen LogP contribution in [0.3, 0.4) is 0 Å². The number of nitrogens with zero attached hydrogens (tertiary/aromatic N) is 1. The van der Waals surface area contributed by atoms with Gasteiger partial charge in [-0.2, -0.15) is 0 Å². The zero-order chi connectivity index (χ0) is 20.9. The summed E-state index contributed by atoms with van der Waals surface area (Å²) in [6.45, 7) is 4.11. The van der Waals surface area contributed by atoms with E-state index in [4.69, 9.17) is 9.47 Å². The summed E-state index contributed by atoms with van der Waals surface area (Å²) in [6, 6.07) is 6.47. The zero-order valence-electron chi connectivity index (χ0n) is 18.5. The lowest BCUT2D eigenvalue weighted by molar-refractivity contribution is -0.120. The van der Waals surface area contributed by atoms with Crippen LogP contribution in [-0.4, -0.2) is 51.8 Å². The summed E-state index contributed by atoms with van der Waals surface area (Å²) >= 11 is 0. The smallest absolute Gasteiger partial charge is 0.239 e. The lowest BCUT2D eigenvalue weighted by Crippen LogP contribution is -2.45. The molecule has 0 aromatic heterocycles. The highest BCUT2D eigenvalue weighted by atomic mass is 127. The Balaban J connectivity index is 0.00000450. The molecule has 170 valence electrons. The van der Waals surface area contributed by atoms with Crippen LogP contribution in [0.15, 0.2) is 23.2 Å². The number of aryl methyl sites for hydroxylation is 1. The van der Waals surface area contributed by atoms with Gasteiger partial charge in [-0.15, -0.1) is 24.0 Å². The van der Waals surface area contributed by atoms with Crippen molar-refractivity contribution in [3.8, 4) is 5.75 Å². The summed E-state index contributed by atoms with van der Waals surface area (Å²) in [5.41, 5.74) is 2.19. The van der Waals surface area contributed by atoms with Gasteiger partial charge in [0.05, 0.1) is 13.2 Å². The summed E-state index contributed by atoms with van der Waals surface area (Å²) in [4.78, 5) is 16.4. The first kappa shape index (κ1) is 26.5. The van der Waals surface area contributed by atoms with Crippen molar-refractivity contribution in [2.75, 3.05) is 33.9 Å². The monoisotopic (exact) mass is 532 g/mol. The fourth-order valence-electron chi connectivity index (χ4n) is 3.42. The van der Waals surface area contributed by atoms with Crippen molar-refractivity contribution in [2.45, 2.75) is 58.0 Å². The van der Waals surface area contributed by atoms with Crippen LogP contribution in [-0.2, 0) is 16.1 Å². The van der Waals surface area contributed by atoms with E-state index in [-0.39, 0.29) is 36.4 Å². The molecule has 0 heterocycles. The Morgan fingerprint density at radius 3 is 2.63 bits per heavy atom. The Hall–Kier alpha value is -1.55. The molecule has 0 radical (unpaired) electrons. The van der Waals surface area contributed by atoms with Gasteiger partial charge in [0.15, 0.2) is 5.96 Å². The predicted molar refractivity (Wildman–Crippen MR) is 132 cm³/mol. The minimum absolute atomic E-state index is 0. The van der Waals surface area contributed by atoms with Crippen LogP contribution in [0.2, 0.25) is 0 Å². The van der Waals surface area contributed by atoms with E-state index < -0.39 is 0 Å². The number of halogens is 1. The maximum Gasteiger partial charge on any atom is 0.239 e. The Labute approximate surface area is 197 Å². The van der Waals surface area contributed by atoms with Crippen molar-refractivity contribution in [3.05, 3.63) is 29.3 Å². The van der Waals surface area contributed by atoms with Crippen molar-refractivity contribution in [3.63, 3.8) is 0 Å². The van der Waals surface area contributed by atoms with E-state index in [1.165, 1.54) is 19.3 Å². The summed E-state index contributed by atoms with van der Waals surface area (Å²) in [6.07, 6.45) is 6.69. The summed E-state index contributed by atoms with van der Waals surface area (Å²) < 4.78 is 11.0. The fourth-order valence-corrected chi connectivity index (χ4v) is 3.42. The Kier molecular flexibility index (Phi) is 13.5. The molecule has 2 rings (SSSR count). The number of carbonyl (C=O) groups excluding carboxylic acids is 1. The minimum Gasteiger partial charge on any atom is -0.493 e. The number of guanidine groups is 1. The second-order valence-corrected chi connectivity index (χ2v) is 7.49. The van der Waals surface area contributed by atoms with Gasteiger partial charge in [-0.05, 0) is 31.4 Å². The molecule has 0 atom stereocenters. The Bertz CT molecular complexity index is 664. The van der Waals surface area contributed by atoms with E-state index in [0.717, 1.165) is 36.1 Å². The van der Waals surface area contributed by atoms with Crippen LogP contribution in [0.1, 0.15) is 49.7 Å². The molecular formula is C22H37IN4O3. The summed E-state index contributed by atoms with van der Waals surface area (Å²) in [7, 11) is 3.39. The highest BCUT2D eigenvalue weighted by molar-refractivity contribution is 14.0. The third kappa shape index (κ3) is 9.97. The predicted octanol–water partition coefficient (Wildman–Crippen LogP) is 3.14. The molecule has 1 aromatic carbocycles. The Morgan fingerprint density at radius 2 is 1.93 bits per heavy atom. The number of hydrogen-bond donors (Lipinski definition) is 3. The van der Waals surface area contributed by atoms with E-state index >= 15 is 0 Å². The summed E-state index contributed by atoms with van der Waals surface area (Å²) in [5.74, 6) is 1.46. The van der Waals surface area contributed by atoms with Crippen LogP contribution in [0.5, 0.6) is 5.75 Å². The zero-order valence-corrected chi connectivity index (χ0v) is 20.8. The molecule has 0 bridgehead atoms. The molecule has 1 aromatic rings. The quantitative estimate of drug-likeness (QED) is 0.187. The topological polar surface area (TPSA) is 84.0 Å². The first-order valence-electron chi connectivity index (χ1n) is 10.6. The van der Waals surface area contributed by atoms with Gasteiger partial charge in [0, 0.05) is 45.3 Å². The lowest BCUT2D eigenvalue weighted by atomic mass is 9.95. The van der Waals surface area contributed by atoms with Crippen LogP contribution in [0.4, 0.5) is 0 Å². The van der Waals surface area contributed by atoms with Crippen molar-refractivity contribution >= 4 is 35.8 Å². The molecular weight excluding hydrogens is 495 g/mol. The van der Waals surface area contributed by atoms with Gasteiger partial charge < -0.3 is 25.4 Å². The molecule has 7 nitrogen and oxygen atoms in total. The highest BCUT2D eigenvalue weighted by Crippen LogP contribution is 2.20. The number of amides is 1. The number of hydrogen-bond acceptors (Lipinski definition) is 4. The number of methoxy groups -OCH3 is 1. The number of ether oxygens (including phenoxy) is 2. The first-order valence-corrected chi connectivity index (χ1v) is 10.6. The fraction of sp³-hybridized carbons (Fsp3) is 0.636. The molecule has 1 saturated carbocycles. The molecule has 1 fully saturated rings. The molecule has 1 amide bonds. The van der Waals surface area contributed by atoms with Gasteiger partial charge in [-0.3, -0.25) is 9.79 Å². The molecule has 0 spiro atoms. The average molecular weight is 532 g/mol. The maximum atomic E-state index is 12.2. The molecule has 30 heavy (non-hydrogen) atoms. The van der Waals surface area contributed by atoms with Crippen LogP contribution in [0.25, 0.3) is 0 Å². The third-order valence-electron chi connectivity index (χ3n) is 5.03. The van der Waals surface area contributed by atoms with Crippen molar-refractivity contribution in [2.24, 2.45) is 4.99 Å². The van der Waals surface area contributed by atoms with Gasteiger partial charge in [0.25, 0.3) is 0 Å². The second kappa shape index (κ2) is 15.3. The van der Waals surface area contributed by atoms with Crippen molar-refractivity contribution < 1.29 is 14.3 Å². The lowest BCUT2D eigenvalue weighted by Gasteiger charge is -2.23. The molecule has 0 saturated heterocycles. The highest BCUT2D eigenvalue weighted by Gasteiger charge is 2.15. The van der Waals surface area contributed by atoms with E-state index in [0.29, 0.717) is 31.8 Å². The number of benzene rings is 1. The van der Waals surface area contributed by atoms with E-state index in [1.807, 2.05) is 13.0 Å². The number of aliphatic imine (C=N–C) groups is 1. The third-order valence-corrected chi connectivity index (χ3v) is 5.03. The number of rotatable bonds is 10. The normalized spacial score (nSPS) is 14.6. The standard InChI is InChI=1S/C22H36N4O3.HI/c1-17-10-11-18(20(14-17)29-13-7-12-28-3)15-24-22(23-2)25-16-21(27)26-19-8-5-4-6-9-19;/h10-11,14,19H,4-9,12-13,15-16H2,1-3H3,(H,26,27)(H2,23,24,25);1H. The average Bonchev–Trinajstić information content (AvgIpc) is 2.73. The van der Waals surface area contributed by atoms with Crippen molar-refractivity contribution in [1.29, 1.82) is 0 Å². The minimum atomic E-state index is 0. The van der Waals surface area contributed by atoms with E-state index in [9.17, 15) is 4.79 Å². The van der Waals surface area contributed by atoms with Crippen LogP contribution >= 0.6 is 24.0 Å². The number of carbonyl (C=O) groups is 1. The molecule has 1 aliphatic rings. The molecule has 0 unspecified atom stereocenters. The summed E-state index contributed by atoms with van der Waals surface area (Å²) in [5, 5.41) is 9.46. The first-order chi connectivity index (χ1) is 14.1. The maximum absolute atomic E-state index is 12.2. The Morgan fingerprint density at radius 1 is 1.17 bits per heavy atom. The van der Waals surface area contributed by atoms with Gasteiger partial charge in [0.1, 0.15) is 5.75 Å².